The second-order valence-electron chi connectivity index (χ2n) is 3.20. The van der Waals surface area contributed by atoms with E-state index in [1.807, 2.05) is 24.5 Å². The predicted molar refractivity (Wildman–Crippen MR) is 58.7 cm³/mol. The minimum absolute atomic E-state index is 0.355. The Morgan fingerprint density at radius 3 is 2.40 bits per heavy atom. The van der Waals surface area contributed by atoms with Crippen molar-refractivity contribution < 1.29 is 4.79 Å². The van der Waals surface area contributed by atoms with Crippen LogP contribution in [0.4, 0.5) is 5.69 Å². The number of rotatable bonds is 2. The summed E-state index contributed by atoms with van der Waals surface area (Å²) in [6.07, 6.45) is 3.67. The molecular formula is C11H11N3O. The van der Waals surface area contributed by atoms with E-state index in [2.05, 4.69) is 0 Å². The zero-order chi connectivity index (χ0) is 10.8. The van der Waals surface area contributed by atoms with Crippen LogP contribution in [0, 0.1) is 0 Å². The number of carbonyl (C=O) groups excluding carboxylic acids is 1. The van der Waals surface area contributed by atoms with E-state index < -0.39 is 5.91 Å². The largest absolute Gasteiger partial charge is 0.398 e. The fourth-order valence-corrected chi connectivity index (χ4v) is 1.54. The molecule has 0 aliphatic carbocycles. The summed E-state index contributed by atoms with van der Waals surface area (Å²) in [5.74, 6) is -0.517. The second kappa shape index (κ2) is 3.49. The highest BCUT2D eigenvalue weighted by Crippen LogP contribution is 2.20. The highest BCUT2D eigenvalue weighted by atomic mass is 16.1. The van der Waals surface area contributed by atoms with Crippen LogP contribution < -0.4 is 11.5 Å². The molecule has 1 heterocycles. The Kier molecular flexibility index (Phi) is 2.17. The molecule has 1 amide bonds. The van der Waals surface area contributed by atoms with Crippen LogP contribution in [0.3, 0.4) is 0 Å². The molecule has 4 N–H and O–H groups in total. The van der Waals surface area contributed by atoms with E-state index in [9.17, 15) is 4.79 Å². The van der Waals surface area contributed by atoms with Gasteiger partial charge in [-0.25, -0.2) is 0 Å². The van der Waals surface area contributed by atoms with E-state index in [0.717, 1.165) is 0 Å². The average Bonchev–Trinajstić information content (AvgIpc) is 2.69. The van der Waals surface area contributed by atoms with Gasteiger partial charge >= 0.3 is 0 Å². The Morgan fingerprint density at radius 1 is 1.13 bits per heavy atom. The molecule has 0 saturated heterocycles. The first-order chi connectivity index (χ1) is 7.20. The van der Waals surface area contributed by atoms with E-state index in [0.29, 0.717) is 16.9 Å². The van der Waals surface area contributed by atoms with Gasteiger partial charge in [0.15, 0.2) is 0 Å². The Hall–Kier alpha value is -2.23. The molecule has 0 aliphatic rings. The molecule has 1 aromatic carbocycles. The van der Waals surface area contributed by atoms with E-state index in [1.165, 1.54) is 0 Å². The summed E-state index contributed by atoms with van der Waals surface area (Å²) in [6, 6.07) is 8.99. The molecule has 2 rings (SSSR count). The molecule has 0 spiro atoms. The van der Waals surface area contributed by atoms with E-state index in [1.54, 1.807) is 22.8 Å². The molecule has 0 bridgehead atoms. The molecule has 0 atom stereocenters. The molecule has 0 radical (unpaired) electrons. The average molecular weight is 201 g/mol. The van der Waals surface area contributed by atoms with Gasteiger partial charge in [0, 0.05) is 18.1 Å². The molecule has 15 heavy (non-hydrogen) atoms. The molecule has 0 fully saturated rings. The van der Waals surface area contributed by atoms with Crippen molar-refractivity contribution in [2.75, 3.05) is 5.73 Å². The number of aromatic nitrogens is 1. The van der Waals surface area contributed by atoms with E-state index in [-0.39, 0.29) is 0 Å². The highest BCUT2D eigenvalue weighted by molar-refractivity contribution is 6.01. The van der Waals surface area contributed by atoms with Crippen molar-refractivity contribution >= 4 is 11.6 Å². The lowest BCUT2D eigenvalue weighted by molar-refractivity contribution is 0.100. The number of amides is 1. The molecular weight excluding hydrogens is 190 g/mol. The Labute approximate surface area is 87.1 Å². The number of hydrogen-bond acceptors (Lipinski definition) is 2. The van der Waals surface area contributed by atoms with Gasteiger partial charge in [0.05, 0.1) is 11.3 Å². The van der Waals surface area contributed by atoms with Crippen molar-refractivity contribution in [1.82, 2.24) is 4.57 Å². The van der Waals surface area contributed by atoms with Crippen LogP contribution >= 0.6 is 0 Å². The van der Waals surface area contributed by atoms with Crippen molar-refractivity contribution in [2.45, 2.75) is 0 Å². The number of hydrogen-bond donors (Lipinski definition) is 2. The maximum atomic E-state index is 11.3. The van der Waals surface area contributed by atoms with Gasteiger partial charge in [0.2, 0.25) is 0 Å². The number of benzene rings is 1. The first-order valence-corrected chi connectivity index (χ1v) is 4.52. The van der Waals surface area contributed by atoms with Crippen LogP contribution in [0.5, 0.6) is 0 Å². The summed E-state index contributed by atoms with van der Waals surface area (Å²) in [4.78, 5) is 11.3. The summed E-state index contributed by atoms with van der Waals surface area (Å²) < 4.78 is 1.80. The molecule has 76 valence electrons. The van der Waals surface area contributed by atoms with Gasteiger partial charge in [-0.2, -0.15) is 0 Å². The summed E-state index contributed by atoms with van der Waals surface area (Å²) in [7, 11) is 0. The maximum Gasteiger partial charge on any atom is 0.252 e. The van der Waals surface area contributed by atoms with Crippen LogP contribution in [0.15, 0.2) is 42.7 Å². The lowest BCUT2D eigenvalue weighted by Crippen LogP contribution is -2.16. The van der Waals surface area contributed by atoms with Crippen molar-refractivity contribution in [3.8, 4) is 5.69 Å². The van der Waals surface area contributed by atoms with Crippen molar-refractivity contribution in [2.24, 2.45) is 5.73 Å². The smallest absolute Gasteiger partial charge is 0.252 e. The molecule has 4 nitrogen and oxygen atoms in total. The van der Waals surface area contributed by atoms with E-state index in [4.69, 9.17) is 11.5 Å². The van der Waals surface area contributed by atoms with Crippen LogP contribution in [-0.4, -0.2) is 10.5 Å². The lowest BCUT2D eigenvalue weighted by atomic mass is 10.1. The second-order valence-corrected chi connectivity index (χ2v) is 3.20. The summed E-state index contributed by atoms with van der Waals surface area (Å²) >= 11 is 0. The minimum Gasteiger partial charge on any atom is -0.398 e. The summed E-state index contributed by atoms with van der Waals surface area (Å²) in [6.45, 7) is 0. The van der Waals surface area contributed by atoms with Gasteiger partial charge in [0.25, 0.3) is 5.91 Å². The Balaban J connectivity index is 2.66. The Morgan fingerprint density at radius 2 is 1.80 bits per heavy atom. The molecule has 0 unspecified atom stereocenters. The molecule has 0 saturated carbocycles. The van der Waals surface area contributed by atoms with Gasteiger partial charge in [-0.1, -0.05) is 6.07 Å². The zero-order valence-electron chi connectivity index (χ0n) is 8.05. The highest BCUT2D eigenvalue weighted by Gasteiger charge is 2.12. The van der Waals surface area contributed by atoms with Gasteiger partial charge in [-0.15, -0.1) is 0 Å². The zero-order valence-corrected chi connectivity index (χ0v) is 8.05. The number of nitrogens with two attached hydrogens (primary N) is 2. The molecule has 0 aliphatic heterocycles. The first-order valence-electron chi connectivity index (χ1n) is 4.52. The number of nitrogens with zero attached hydrogens (tertiary/aromatic N) is 1. The number of anilines is 1. The number of primary amides is 1. The third-order valence-electron chi connectivity index (χ3n) is 2.20. The van der Waals surface area contributed by atoms with Gasteiger partial charge in [-0.05, 0) is 24.3 Å². The molecule has 1 aromatic heterocycles. The number of nitrogen functional groups attached to an aromatic ring is 1. The minimum atomic E-state index is -0.517. The van der Waals surface area contributed by atoms with Crippen molar-refractivity contribution in [3.63, 3.8) is 0 Å². The standard InChI is InChI=1S/C11H11N3O/c12-8-4-3-5-9(10(8)11(13)15)14-6-1-2-7-14/h1-7H,12H2,(H2,13,15). The fraction of sp³-hybridized carbons (Fsp3) is 0. The third-order valence-corrected chi connectivity index (χ3v) is 2.20. The molecule has 4 heteroatoms. The maximum absolute atomic E-state index is 11.3. The van der Waals surface area contributed by atoms with Crippen LogP contribution in [0.2, 0.25) is 0 Å². The first kappa shape index (κ1) is 9.33. The topological polar surface area (TPSA) is 74.0 Å². The number of carbonyl (C=O) groups is 1. The summed E-state index contributed by atoms with van der Waals surface area (Å²) in [5, 5.41) is 0. The quantitative estimate of drug-likeness (QED) is 0.715. The Bertz CT molecular complexity index is 489. The summed E-state index contributed by atoms with van der Waals surface area (Å²) in [5.41, 5.74) is 12.5. The predicted octanol–water partition coefficient (Wildman–Crippen LogP) is 1.16. The monoisotopic (exact) mass is 201 g/mol. The lowest BCUT2D eigenvalue weighted by Gasteiger charge is -2.09. The van der Waals surface area contributed by atoms with Crippen LogP contribution in [0.1, 0.15) is 10.4 Å². The van der Waals surface area contributed by atoms with Gasteiger partial charge in [-0.3, -0.25) is 4.79 Å². The van der Waals surface area contributed by atoms with Crippen LogP contribution in [-0.2, 0) is 0 Å². The van der Waals surface area contributed by atoms with Gasteiger partial charge < -0.3 is 16.0 Å². The van der Waals surface area contributed by atoms with E-state index >= 15 is 0 Å². The van der Waals surface area contributed by atoms with Crippen molar-refractivity contribution in [1.29, 1.82) is 0 Å². The third kappa shape index (κ3) is 1.57. The van der Waals surface area contributed by atoms with Crippen molar-refractivity contribution in [3.05, 3.63) is 48.3 Å². The SMILES string of the molecule is NC(=O)c1c(N)cccc1-n1cccc1. The van der Waals surface area contributed by atoms with Crippen LogP contribution in [0.25, 0.3) is 5.69 Å². The van der Waals surface area contributed by atoms with Gasteiger partial charge in [0.1, 0.15) is 0 Å². The molecule has 2 aromatic rings. The fourth-order valence-electron chi connectivity index (χ4n) is 1.54. The normalized spacial score (nSPS) is 10.1.